The maximum absolute atomic E-state index is 9.43. The van der Waals surface area contributed by atoms with Gasteiger partial charge < -0.3 is 10.5 Å². The fourth-order valence-electron chi connectivity index (χ4n) is 5.77. The Labute approximate surface area is 210 Å². The second kappa shape index (κ2) is 8.41. The van der Waals surface area contributed by atoms with E-state index in [-0.39, 0.29) is 12.0 Å². The summed E-state index contributed by atoms with van der Waals surface area (Å²) >= 11 is 0. The van der Waals surface area contributed by atoms with E-state index < -0.39 is 5.72 Å². The zero-order valence-electron chi connectivity index (χ0n) is 19.9. The number of benzene rings is 3. The predicted molar refractivity (Wildman–Crippen MR) is 135 cm³/mol. The minimum Gasteiger partial charge on any atom is -0.489 e. The molecule has 2 N–H and O–H groups in total. The van der Waals surface area contributed by atoms with Gasteiger partial charge >= 0.3 is 0 Å². The molecule has 0 aromatic heterocycles. The third-order valence-corrected chi connectivity index (χ3v) is 7.45. The summed E-state index contributed by atoms with van der Waals surface area (Å²) in [6.07, 6.45) is 3.64. The van der Waals surface area contributed by atoms with E-state index in [1.54, 1.807) is 25.2 Å². The number of guanidine groups is 1. The Hall–Kier alpha value is -4.33. The molecule has 3 aliphatic rings. The van der Waals surface area contributed by atoms with Crippen molar-refractivity contribution in [3.05, 3.63) is 88.5 Å². The highest BCUT2D eigenvalue weighted by molar-refractivity contribution is 5.79. The van der Waals surface area contributed by atoms with Crippen LogP contribution in [0.5, 0.6) is 5.75 Å². The van der Waals surface area contributed by atoms with Gasteiger partial charge in [0.05, 0.1) is 28.8 Å². The highest BCUT2D eigenvalue weighted by Gasteiger charge is 2.50. The molecule has 0 radical (unpaired) electrons. The van der Waals surface area contributed by atoms with Gasteiger partial charge in [-0.05, 0) is 71.8 Å². The molecule has 2 aliphatic heterocycles. The fraction of sp³-hybridized carbons (Fsp3) is 0.276. The summed E-state index contributed by atoms with van der Waals surface area (Å²) in [6.45, 7) is 0. The van der Waals surface area contributed by atoms with Crippen molar-refractivity contribution in [2.75, 3.05) is 7.05 Å². The van der Waals surface area contributed by atoms with Gasteiger partial charge in [0.15, 0.2) is 0 Å². The molecule has 1 spiro atoms. The van der Waals surface area contributed by atoms with Crippen molar-refractivity contribution < 1.29 is 9.57 Å². The van der Waals surface area contributed by atoms with Crippen LogP contribution in [0.25, 0.3) is 11.1 Å². The monoisotopic (exact) mass is 475 g/mol. The lowest BCUT2D eigenvalue weighted by atomic mass is 9.76. The number of aryl methyl sites for hydroxylation is 1. The first-order valence-electron chi connectivity index (χ1n) is 12.1. The molecule has 0 saturated carbocycles. The summed E-state index contributed by atoms with van der Waals surface area (Å²) in [5.74, 6) is 1.26. The van der Waals surface area contributed by atoms with E-state index in [1.807, 2.05) is 18.2 Å². The Balaban J connectivity index is 1.46. The van der Waals surface area contributed by atoms with Crippen LogP contribution >= 0.6 is 0 Å². The first-order chi connectivity index (χ1) is 17.5. The van der Waals surface area contributed by atoms with Crippen LogP contribution in [0.1, 0.15) is 53.0 Å². The number of nitrogens with zero attached hydrogens (tertiary/aromatic N) is 4. The number of hydrogen-bond acceptors (Lipinski definition) is 7. The molecule has 0 fully saturated rings. The second-order valence-electron chi connectivity index (χ2n) is 9.63. The molecule has 0 saturated heterocycles. The van der Waals surface area contributed by atoms with E-state index in [1.165, 1.54) is 16.2 Å². The summed E-state index contributed by atoms with van der Waals surface area (Å²) in [7, 11) is 1.76. The Bertz CT molecular complexity index is 1450. The minimum absolute atomic E-state index is 0.125. The standard InChI is InChI=1S/C29H25N5O2/c1-34-28(32)33-29(36-34)15-27(24-8-4-6-20-5-2-3-7-23(20)24)35-26-10-9-21(14-25(26)29)22-12-18(16-30)11-19(13-22)17-31/h2-3,5,7,9-14,24,27H,4,6,8,15H2,1H3,(H2,32,33). The van der Waals surface area contributed by atoms with Gasteiger partial charge in [0.25, 0.3) is 0 Å². The number of nitrogens with two attached hydrogens (primary N) is 1. The Morgan fingerprint density at radius 2 is 1.81 bits per heavy atom. The van der Waals surface area contributed by atoms with Gasteiger partial charge in [-0.15, -0.1) is 0 Å². The topological polar surface area (TPSA) is 108 Å². The van der Waals surface area contributed by atoms with E-state index >= 15 is 0 Å². The quantitative estimate of drug-likeness (QED) is 0.575. The molecular formula is C29H25N5O2. The Kier molecular flexibility index (Phi) is 5.17. The van der Waals surface area contributed by atoms with Crippen molar-refractivity contribution in [3.8, 4) is 29.0 Å². The van der Waals surface area contributed by atoms with Crippen molar-refractivity contribution in [3.63, 3.8) is 0 Å². The molecule has 2 heterocycles. The van der Waals surface area contributed by atoms with Crippen molar-refractivity contribution in [1.29, 1.82) is 10.5 Å². The van der Waals surface area contributed by atoms with Crippen LogP contribution in [-0.4, -0.2) is 24.2 Å². The van der Waals surface area contributed by atoms with Crippen LogP contribution in [0, 0.1) is 22.7 Å². The smallest absolute Gasteiger partial charge is 0.221 e. The number of ether oxygens (including phenoxy) is 1. The molecule has 36 heavy (non-hydrogen) atoms. The third kappa shape index (κ3) is 3.57. The molecular weight excluding hydrogens is 450 g/mol. The largest absolute Gasteiger partial charge is 0.489 e. The fourth-order valence-corrected chi connectivity index (χ4v) is 5.77. The Morgan fingerprint density at radius 1 is 1.03 bits per heavy atom. The lowest BCUT2D eigenvalue weighted by Crippen LogP contribution is -2.42. The van der Waals surface area contributed by atoms with E-state index in [0.717, 1.165) is 36.0 Å². The number of fused-ring (bicyclic) bond motifs is 3. The predicted octanol–water partition coefficient (Wildman–Crippen LogP) is 4.71. The molecule has 0 amide bonds. The zero-order chi connectivity index (χ0) is 24.9. The molecule has 6 rings (SSSR count). The molecule has 3 aromatic rings. The van der Waals surface area contributed by atoms with Crippen LogP contribution in [0.4, 0.5) is 0 Å². The molecule has 178 valence electrons. The Morgan fingerprint density at radius 3 is 2.53 bits per heavy atom. The zero-order valence-corrected chi connectivity index (χ0v) is 19.9. The van der Waals surface area contributed by atoms with Crippen molar-refractivity contribution in [2.24, 2.45) is 10.7 Å². The van der Waals surface area contributed by atoms with Crippen LogP contribution in [0.15, 0.2) is 65.7 Å². The minimum atomic E-state index is -1.01. The molecule has 3 atom stereocenters. The normalized spacial score (nSPS) is 24.2. The lowest BCUT2D eigenvalue weighted by molar-refractivity contribution is -0.192. The maximum Gasteiger partial charge on any atom is 0.221 e. The average molecular weight is 476 g/mol. The highest BCUT2D eigenvalue weighted by Crippen LogP contribution is 2.51. The number of hydrogen-bond donors (Lipinski definition) is 1. The van der Waals surface area contributed by atoms with Crippen LogP contribution in [-0.2, 0) is 17.0 Å². The summed E-state index contributed by atoms with van der Waals surface area (Å²) < 4.78 is 6.65. The van der Waals surface area contributed by atoms with Gasteiger partial charge in [0, 0.05) is 19.4 Å². The summed E-state index contributed by atoms with van der Waals surface area (Å²) in [6, 6.07) is 23.9. The van der Waals surface area contributed by atoms with Gasteiger partial charge in [-0.25, -0.2) is 14.9 Å². The molecule has 0 bridgehead atoms. The van der Waals surface area contributed by atoms with E-state index in [0.29, 0.717) is 29.3 Å². The summed E-state index contributed by atoms with van der Waals surface area (Å²) in [4.78, 5) is 11.2. The highest BCUT2D eigenvalue weighted by atomic mass is 16.7. The molecule has 7 nitrogen and oxygen atoms in total. The van der Waals surface area contributed by atoms with Crippen molar-refractivity contribution >= 4 is 5.96 Å². The number of aliphatic imine (C=N–C) groups is 1. The molecule has 3 unspecified atom stereocenters. The van der Waals surface area contributed by atoms with Crippen molar-refractivity contribution in [1.82, 2.24) is 5.06 Å². The van der Waals surface area contributed by atoms with E-state index in [2.05, 4.69) is 36.4 Å². The number of hydroxylamine groups is 2. The van der Waals surface area contributed by atoms with E-state index in [4.69, 9.17) is 20.3 Å². The van der Waals surface area contributed by atoms with Crippen LogP contribution < -0.4 is 10.5 Å². The average Bonchev–Trinajstić information content (AvgIpc) is 3.20. The summed E-state index contributed by atoms with van der Waals surface area (Å²) in [5.41, 5.74) is 11.2. The van der Waals surface area contributed by atoms with E-state index in [9.17, 15) is 10.5 Å². The van der Waals surface area contributed by atoms with Crippen LogP contribution in [0.2, 0.25) is 0 Å². The summed E-state index contributed by atoms with van der Waals surface area (Å²) in [5, 5.41) is 20.4. The SMILES string of the molecule is CN1OC2(CC(C3CCCc4ccccc43)Oc3ccc(-c4cc(C#N)cc(C#N)c4)cc32)N=C1N. The van der Waals surface area contributed by atoms with Gasteiger partial charge in [0.2, 0.25) is 11.7 Å². The van der Waals surface area contributed by atoms with Gasteiger partial charge in [0.1, 0.15) is 11.9 Å². The number of rotatable bonds is 2. The molecule has 3 aromatic carbocycles. The lowest BCUT2D eigenvalue weighted by Gasteiger charge is -2.41. The van der Waals surface area contributed by atoms with Gasteiger partial charge in [-0.2, -0.15) is 10.5 Å². The third-order valence-electron chi connectivity index (χ3n) is 7.45. The van der Waals surface area contributed by atoms with Gasteiger partial charge in [-0.1, -0.05) is 30.3 Å². The maximum atomic E-state index is 9.43. The molecule has 7 heteroatoms. The number of nitriles is 2. The first kappa shape index (κ1) is 22.2. The second-order valence-corrected chi connectivity index (χ2v) is 9.63. The van der Waals surface area contributed by atoms with Crippen molar-refractivity contribution in [2.45, 2.75) is 43.4 Å². The molecule has 1 aliphatic carbocycles. The first-order valence-corrected chi connectivity index (χ1v) is 12.1. The van der Waals surface area contributed by atoms with Gasteiger partial charge in [-0.3, -0.25) is 0 Å². The van der Waals surface area contributed by atoms with Crippen LogP contribution in [0.3, 0.4) is 0 Å².